The van der Waals surface area contributed by atoms with Gasteiger partial charge >= 0.3 is 12.4 Å². The van der Waals surface area contributed by atoms with Crippen molar-refractivity contribution in [2.75, 3.05) is 32.5 Å². The fraction of sp³-hybridized carbons (Fsp3) is 0.545. The summed E-state index contributed by atoms with van der Waals surface area (Å²) < 4.78 is 75.3. The van der Waals surface area contributed by atoms with Crippen molar-refractivity contribution in [3.8, 4) is 0 Å². The second-order valence-electron chi connectivity index (χ2n) is 4.32. The minimum Gasteiger partial charge on any atom is -0.382 e. The van der Waals surface area contributed by atoms with Crippen LogP contribution in [-0.2, 0) is 12.4 Å². The molecule has 0 aliphatic heterocycles. The number of halogens is 6. The van der Waals surface area contributed by atoms with E-state index in [9.17, 15) is 26.3 Å². The number of pyridine rings is 1. The van der Waals surface area contributed by atoms with Gasteiger partial charge in [-0.25, -0.2) is 4.98 Å². The lowest BCUT2D eigenvalue weighted by Gasteiger charge is -2.17. The van der Waals surface area contributed by atoms with Crippen molar-refractivity contribution in [1.29, 1.82) is 0 Å². The van der Waals surface area contributed by atoms with Gasteiger partial charge < -0.3 is 10.2 Å². The summed E-state index contributed by atoms with van der Waals surface area (Å²) in [6.07, 6.45) is -9.87. The van der Waals surface area contributed by atoms with E-state index < -0.39 is 29.4 Å². The van der Waals surface area contributed by atoms with E-state index in [0.717, 1.165) is 6.07 Å². The van der Waals surface area contributed by atoms with Gasteiger partial charge in [-0.1, -0.05) is 0 Å². The van der Waals surface area contributed by atoms with Gasteiger partial charge in [-0.2, -0.15) is 26.3 Å². The molecule has 1 rings (SSSR count). The highest BCUT2D eigenvalue weighted by molar-refractivity contribution is 5.50. The Bertz CT molecular complexity index is 452. The third-order valence-corrected chi connectivity index (χ3v) is 2.33. The van der Waals surface area contributed by atoms with Gasteiger partial charge in [0.25, 0.3) is 0 Å². The van der Waals surface area contributed by atoms with Gasteiger partial charge in [-0.3, -0.25) is 0 Å². The Morgan fingerprint density at radius 1 is 1.05 bits per heavy atom. The molecule has 0 saturated heterocycles. The Kier molecular flexibility index (Phi) is 4.85. The highest BCUT2D eigenvalue weighted by atomic mass is 19.4. The lowest BCUT2D eigenvalue weighted by atomic mass is 10.2. The van der Waals surface area contributed by atoms with E-state index in [1.807, 2.05) is 0 Å². The molecule has 0 bridgehead atoms. The van der Waals surface area contributed by atoms with Crippen molar-refractivity contribution in [1.82, 2.24) is 9.88 Å². The van der Waals surface area contributed by atoms with Gasteiger partial charge in [-0.15, -0.1) is 0 Å². The van der Waals surface area contributed by atoms with Crippen molar-refractivity contribution < 1.29 is 26.3 Å². The molecule has 1 aromatic rings. The molecule has 1 aromatic heterocycles. The number of likely N-dealkylation sites (N-methyl/N-ethyl adjacent to an activating group) is 1. The highest BCUT2D eigenvalue weighted by Crippen LogP contribution is 2.36. The van der Waals surface area contributed by atoms with Gasteiger partial charge in [0.2, 0.25) is 0 Å². The molecule has 0 spiro atoms. The third-order valence-electron chi connectivity index (χ3n) is 2.33. The predicted octanol–water partition coefficient (Wildman–Crippen LogP) is 3.09. The third kappa shape index (κ3) is 4.55. The normalized spacial score (nSPS) is 12.8. The zero-order chi connectivity index (χ0) is 15.6. The second kappa shape index (κ2) is 5.86. The molecule has 0 saturated carbocycles. The Balaban J connectivity index is 3.05. The first-order valence-corrected chi connectivity index (χ1v) is 5.56. The molecule has 0 aliphatic rings. The molecular weight excluding hydrogens is 288 g/mol. The maximum Gasteiger partial charge on any atom is 0.435 e. The molecule has 0 unspecified atom stereocenters. The summed E-state index contributed by atoms with van der Waals surface area (Å²) in [6, 6.07) is 1.27. The topological polar surface area (TPSA) is 28.2 Å². The zero-order valence-corrected chi connectivity index (χ0v) is 10.7. The van der Waals surface area contributed by atoms with Gasteiger partial charge in [-0.05, 0) is 26.2 Å². The van der Waals surface area contributed by atoms with E-state index in [2.05, 4.69) is 10.3 Å². The number of hydrogen-bond donors (Lipinski definition) is 1. The molecule has 1 heterocycles. The lowest BCUT2D eigenvalue weighted by Crippen LogP contribution is -2.23. The number of nitrogens with one attached hydrogen (secondary N) is 1. The second-order valence-corrected chi connectivity index (χ2v) is 4.32. The number of rotatable bonds is 4. The standard InChI is InChI=1S/C11H13F6N3/c1-20(2)6-5-18-7-3-4-8(10(12,13)14)19-9(7)11(15,16)17/h3-4,18H,5-6H2,1-2H3. The number of nitrogens with zero attached hydrogens (tertiary/aromatic N) is 2. The predicted molar refractivity (Wildman–Crippen MR) is 61.3 cm³/mol. The Hall–Kier alpha value is -1.51. The van der Waals surface area contributed by atoms with E-state index in [0.29, 0.717) is 12.6 Å². The Morgan fingerprint density at radius 3 is 2.10 bits per heavy atom. The molecule has 0 aliphatic carbocycles. The van der Waals surface area contributed by atoms with Crippen LogP contribution in [0.25, 0.3) is 0 Å². The van der Waals surface area contributed by atoms with Crippen molar-refractivity contribution >= 4 is 5.69 Å². The van der Waals surface area contributed by atoms with E-state index in [-0.39, 0.29) is 6.54 Å². The Morgan fingerprint density at radius 2 is 1.65 bits per heavy atom. The van der Waals surface area contributed by atoms with Crippen LogP contribution in [0.3, 0.4) is 0 Å². The van der Waals surface area contributed by atoms with Crippen molar-refractivity contribution in [2.24, 2.45) is 0 Å². The van der Waals surface area contributed by atoms with Gasteiger partial charge in [0.05, 0.1) is 5.69 Å². The summed E-state index contributed by atoms with van der Waals surface area (Å²) in [6.45, 7) is 0.585. The molecule has 0 radical (unpaired) electrons. The largest absolute Gasteiger partial charge is 0.435 e. The molecule has 0 fully saturated rings. The van der Waals surface area contributed by atoms with Crippen LogP contribution in [0.1, 0.15) is 11.4 Å². The average Bonchev–Trinajstić information content (AvgIpc) is 2.25. The van der Waals surface area contributed by atoms with Crippen LogP contribution in [0.5, 0.6) is 0 Å². The fourth-order valence-electron chi connectivity index (χ4n) is 1.39. The van der Waals surface area contributed by atoms with Crippen LogP contribution < -0.4 is 5.32 Å². The van der Waals surface area contributed by atoms with Crippen LogP contribution in [0.15, 0.2) is 12.1 Å². The number of anilines is 1. The van der Waals surface area contributed by atoms with E-state index in [1.165, 1.54) is 0 Å². The van der Waals surface area contributed by atoms with Crippen molar-refractivity contribution in [3.05, 3.63) is 23.5 Å². The summed E-state index contributed by atoms with van der Waals surface area (Å²) in [5.41, 5.74) is -3.60. The van der Waals surface area contributed by atoms with Crippen LogP contribution >= 0.6 is 0 Å². The van der Waals surface area contributed by atoms with Crippen LogP contribution in [0.4, 0.5) is 32.0 Å². The highest BCUT2D eigenvalue weighted by Gasteiger charge is 2.40. The fourth-order valence-corrected chi connectivity index (χ4v) is 1.39. The van der Waals surface area contributed by atoms with Gasteiger partial charge in [0.15, 0.2) is 5.69 Å². The first-order valence-electron chi connectivity index (χ1n) is 5.56. The molecule has 114 valence electrons. The molecule has 0 aromatic carbocycles. The van der Waals surface area contributed by atoms with E-state index in [1.54, 1.807) is 19.0 Å². The minimum absolute atomic E-state index is 0.156. The molecule has 1 N–H and O–H groups in total. The van der Waals surface area contributed by atoms with Crippen LogP contribution in [0, 0.1) is 0 Å². The monoisotopic (exact) mass is 301 g/mol. The first-order chi connectivity index (χ1) is 9.01. The number of aromatic nitrogens is 1. The van der Waals surface area contributed by atoms with E-state index in [4.69, 9.17) is 0 Å². The van der Waals surface area contributed by atoms with Gasteiger partial charge in [0, 0.05) is 13.1 Å². The minimum atomic E-state index is -4.96. The molecule has 0 amide bonds. The van der Waals surface area contributed by atoms with Gasteiger partial charge in [0.1, 0.15) is 5.69 Å². The number of hydrogen-bond acceptors (Lipinski definition) is 3. The summed E-state index contributed by atoms with van der Waals surface area (Å²) >= 11 is 0. The summed E-state index contributed by atoms with van der Waals surface area (Å²) in [5, 5.41) is 2.44. The first kappa shape index (κ1) is 16.5. The summed E-state index contributed by atoms with van der Waals surface area (Å²) in [5.74, 6) is 0. The zero-order valence-electron chi connectivity index (χ0n) is 10.7. The van der Waals surface area contributed by atoms with Crippen LogP contribution in [-0.4, -0.2) is 37.1 Å². The lowest BCUT2D eigenvalue weighted by molar-refractivity contribution is -0.149. The summed E-state index contributed by atoms with van der Waals surface area (Å²) in [7, 11) is 3.44. The summed E-state index contributed by atoms with van der Waals surface area (Å²) in [4.78, 5) is 4.41. The SMILES string of the molecule is CN(C)CCNc1ccc(C(F)(F)F)nc1C(F)(F)F. The molecule has 9 heteroatoms. The van der Waals surface area contributed by atoms with E-state index >= 15 is 0 Å². The molecule has 3 nitrogen and oxygen atoms in total. The van der Waals surface area contributed by atoms with Crippen molar-refractivity contribution in [3.63, 3.8) is 0 Å². The average molecular weight is 301 g/mol. The molecular formula is C11H13F6N3. The van der Waals surface area contributed by atoms with Crippen molar-refractivity contribution in [2.45, 2.75) is 12.4 Å². The van der Waals surface area contributed by atoms with Crippen LogP contribution in [0.2, 0.25) is 0 Å². The molecule has 0 atom stereocenters. The maximum absolute atomic E-state index is 12.7. The maximum atomic E-state index is 12.7. The molecule has 20 heavy (non-hydrogen) atoms. The smallest absolute Gasteiger partial charge is 0.382 e. The quantitative estimate of drug-likeness (QED) is 0.866. The number of alkyl halides is 6. The Labute approximate surface area is 111 Å².